The number of amides is 1. The van der Waals surface area contributed by atoms with Crippen LogP contribution < -0.4 is 5.32 Å². The summed E-state index contributed by atoms with van der Waals surface area (Å²) in [5, 5.41) is 34.6. The van der Waals surface area contributed by atoms with Gasteiger partial charge in [0.2, 0.25) is 11.7 Å². The summed E-state index contributed by atoms with van der Waals surface area (Å²) in [5.74, 6) is -2.19. The fourth-order valence-corrected chi connectivity index (χ4v) is 7.74. The molecule has 3 fully saturated rings. The van der Waals surface area contributed by atoms with E-state index in [1.165, 1.54) is 0 Å². The number of allylic oxidation sites excluding steroid dienone is 4. The number of aliphatic hydroxyl groups excluding tert-OH is 1. The molecule has 0 aromatic carbocycles. The van der Waals surface area contributed by atoms with E-state index in [2.05, 4.69) is 17.1 Å². The summed E-state index contributed by atoms with van der Waals surface area (Å²) in [4.78, 5) is 63.3. The summed E-state index contributed by atoms with van der Waals surface area (Å²) in [6.07, 6.45) is 6.79. The zero-order chi connectivity index (χ0) is 28.6. The fraction of sp³-hybridized carbons (Fsp3) is 0.704. The number of hydrogen-bond acceptors (Lipinski definition) is 10. The van der Waals surface area contributed by atoms with E-state index in [1.54, 1.807) is 12.2 Å². The number of Topliss-reactive ketones (excluding diaryl/α,β-unsaturated/α-hetero) is 1. The molecule has 0 spiro atoms. The van der Waals surface area contributed by atoms with Gasteiger partial charge in [-0.1, -0.05) is 25.5 Å². The van der Waals surface area contributed by atoms with Crippen molar-refractivity contribution in [2.24, 2.45) is 28.6 Å². The van der Waals surface area contributed by atoms with Gasteiger partial charge in [0, 0.05) is 23.2 Å². The minimum Gasteiger partial charge on any atom is -0.456 e. The first-order valence-electron chi connectivity index (χ1n) is 13.4. The number of carbonyl (C=O) groups excluding carboxylic acids is 4. The van der Waals surface area contributed by atoms with Crippen molar-refractivity contribution >= 4 is 23.4 Å². The van der Waals surface area contributed by atoms with Crippen molar-refractivity contribution in [1.29, 1.82) is 0 Å². The molecule has 0 aromatic heterocycles. The number of esters is 1. The topological polar surface area (TPSA) is 182 Å². The third-order valence-electron chi connectivity index (χ3n) is 9.65. The van der Waals surface area contributed by atoms with Crippen molar-refractivity contribution in [3.05, 3.63) is 33.9 Å². The molecule has 0 bridgehead atoms. The first-order chi connectivity index (χ1) is 18.3. The van der Waals surface area contributed by atoms with Crippen LogP contribution in [0, 0.1) is 38.7 Å². The van der Waals surface area contributed by atoms with Gasteiger partial charge in [-0.15, -0.1) is 10.1 Å². The zero-order valence-corrected chi connectivity index (χ0v) is 22.2. The van der Waals surface area contributed by atoms with Crippen molar-refractivity contribution in [1.82, 2.24) is 5.32 Å². The Kier molecular flexibility index (Phi) is 8.00. The van der Waals surface area contributed by atoms with Crippen molar-refractivity contribution in [3.8, 4) is 0 Å². The molecule has 0 aromatic rings. The van der Waals surface area contributed by atoms with Crippen LogP contribution in [0.2, 0.25) is 0 Å². The second-order valence-corrected chi connectivity index (χ2v) is 11.6. The quantitative estimate of drug-likeness (QED) is 0.155. The molecule has 4 aliphatic carbocycles. The van der Waals surface area contributed by atoms with Crippen LogP contribution in [0.15, 0.2) is 23.8 Å². The van der Waals surface area contributed by atoms with Crippen LogP contribution in [-0.2, 0) is 28.8 Å². The number of fused-ring (bicyclic) bond motifs is 5. The highest BCUT2D eigenvalue weighted by molar-refractivity contribution is 6.01. The van der Waals surface area contributed by atoms with Gasteiger partial charge in [-0.25, -0.2) is 0 Å². The second-order valence-electron chi connectivity index (χ2n) is 11.6. The number of nitrogens with one attached hydrogen (secondary N) is 1. The zero-order valence-electron chi connectivity index (χ0n) is 22.2. The average Bonchev–Trinajstić information content (AvgIpc) is 3.14. The molecule has 0 aliphatic heterocycles. The van der Waals surface area contributed by atoms with Gasteiger partial charge in [0.25, 0.3) is 5.09 Å². The fourth-order valence-electron chi connectivity index (χ4n) is 7.74. The summed E-state index contributed by atoms with van der Waals surface area (Å²) in [7, 11) is 0. The number of rotatable bonds is 10. The lowest BCUT2D eigenvalue weighted by Gasteiger charge is -2.59. The summed E-state index contributed by atoms with van der Waals surface area (Å²) in [6, 6.07) is 0. The summed E-state index contributed by atoms with van der Waals surface area (Å²) >= 11 is 0. The Hall–Kier alpha value is -3.12. The van der Waals surface area contributed by atoms with Gasteiger partial charge in [-0.2, -0.15) is 0 Å². The van der Waals surface area contributed by atoms with Gasteiger partial charge in [-0.05, 0) is 62.5 Å². The largest absolute Gasteiger partial charge is 0.456 e. The Labute approximate surface area is 225 Å². The average molecular weight is 549 g/mol. The van der Waals surface area contributed by atoms with Crippen molar-refractivity contribution in [2.45, 2.75) is 70.5 Å². The molecule has 3 N–H and O–H groups in total. The summed E-state index contributed by atoms with van der Waals surface area (Å²) in [5.41, 5.74) is -2.13. The predicted molar refractivity (Wildman–Crippen MR) is 134 cm³/mol. The van der Waals surface area contributed by atoms with Crippen LogP contribution in [0.5, 0.6) is 0 Å². The van der Waals surface area contributed by atoms with Crippen LogP contribution in [0.3, 0.4) is 0 Å². The lowest BCUT2D eigenvalue weighted by molar-refractivity contribution is -0.757. The second kappa shape index (κ2) is 10.8. The maximum atomic E-state index is 13.3. The monoisotopic (exact) mass is 548 g/mol. The Morgan fingerprint density at radius 2 is 2.00 bits per heavy atom. The molecule has 3 saturated carbocycles. The highest BCUT2D eigenvalue weighted by atomic mass is 16.9. The Balaban J connectivity index is 1.35. The van der Waals surface area contributed by atoms with E-state index in [0.717, 1.165) is 12.0 Å². The maximum Gasteiger partial charge on any atom is 0.325 e. The molecule has 12 nitrogen and oxygen atoms in total. The Morgan fingerprint density at radius 1 is 1.26 bits per heavy atom. The predicted octanol–water partition coefficient (Wildman–Crippen LogP) is 1.21. The van der Waals surface area contributed by atoms with Gasteiger partial charge >= 0.3 is 5.97 Å². The molecule has 4 rings (SSSR count). The van der Waals surface area contributed by atoms with E-state index in [0.29, 0.717) is 12.8 Å². The van der Waals surface area contributed by atoms with E-state index in [1.807, 2.05) is 13.0 Å². The molecule has 12 heteroatoms. The van der Waals surface area contributed by atoms with Crippen LogP contribution >= 0.6 is 0 Å². The minimum atomic E-state index is -1.78. The normalized spacial score (nSPS) is 36.6. The highest BCUT2D eigenvalue weighted by Crippen LogP contribution is 2.67. The Bertz CT molecular complexity index is 1120. The smallest absolute Gasteiger partial charge is 0.325 e. The molecule has 3 unspecified atom stereocenters. The van der Waals surface area contributed by atoms with Crippen LogP contribution in [0.1, 0.15) is 58.8 Å². The molecule has 0 saturated heterocycles. The number of ketones is 2. The number of aliphatic hydroxyl groups is 2. The van der Waals surface area contributed by atoms with Gasteiger partial charge in [0.05, 0.1) is 12.7 Å². The van der Waals surface area contributed by atoms with Gasteiger partial charge < -0.3 is 25.1 Å². The highest BCUT2D eigenvalue weighted by Gasteiger charge is 2.68. The Morgan fingerprint density at radius 3 is 2.72 bits per heavy atom. The van der Waals surface area contributed by atoms with E-state index < -0.39 is 58.4 Å². The summed E-state index contributed by atoms with van der Waals surface area (Å²) < 4.78 is 5.06. The van der Waals surface area contributed by atoms with Crippen molar-refractivity contribution in [2.75, 3.05) is 19.8 Å². The lowest BCUT2D eigenvalue weighted by atomic mass is 9.46. The number of hydrogen-bond donors (Lipinski definition) is 3. The number of ether oxygens (including phenoxy) is 1. The summed E-state index contributed by atoms with van der Waals surface area (Å²) in [6.45, 7) is 2.48. The van der Waals surface area contributed by atoms with E-state index in [4.69, 9.17) is 4.74 Å². The van der Waals surface area contributed by atoms with Gasteiger partial charge in [0.1, 0.15) is 12.1 Å². The SMILES string of the molecule is C[C@]12C=CC(=O)C=C1CCC1C2[C@@H](O)C[C@@]2(C)C1CC[C@]2(O)C(=O)COC(=O)CNC(=O)CCCO[N+](=O)[O-]. The molecular weight excluding hydrogens is 512 g/mol. The molecule has 0 heterocycles. The minimum absolute atomic E-state index is 0.0291. The van der Waals surface area contributed by atoms with Crippen LogP contribution in [0.4, 0.5) is 0 Å². The molecule has 214 valence electrons. The third kappa shape index (κ3) is 5.23. The number of nitrogens with zero attached hydrogens (tertiary/aromatic N) is 1. The van der Waals surface area contributed by atoms with E-state index in [-0.39, 0.29) is 55.8 Å². The molecule has 4 aliphatic rings. The first kappa shape index (κ1) is 28.9. The molecular formula is C27H36N2O10. The van der Waals surface area contributed by atoms with Crippen molar-refractivity contribution < 1.29 is 44.1 Å². The first-order valence-corrected chi connectivity index (χ1v) is 13.4. The maximum absolute atomic E-state index is 13.3. The van der Waals surface area contributed by atoms with E-state index >= 15 is 0 Å². The van der Waals surface area contributed by atoms with Crippen molar-refractivity contribution in [3.63, 3.8) is 0 Å². The van der Waals surface area contributed by atoms with Crippen LogP contribution in [0.25, 0.3) is 0 Å². The molecule has 0 radical (unpaired) electrons. The van der Waals surface area contributed by atoms with Gasteiger partial charge in [-0.3, -0.25) is 19.2 Å². The molecule has 7 atom stereocenters. The molecule has 39 heavy (non-hydrogen) atoms. The standard InChI is InChI=1S/C27H36N2O10/c1-25-9-7-17(30)12-16(25)5-6-18-19-8-10-27(35,26(19,2)13-20(31)24(18)25)21(32)15-38-23(34)14-28-22(33)4-3-11-39-29(36)37/h7,9,12,18-20,24,31,35H,3-6,8,10-11,13-15H2,1-2H3,(H,28,33)/t18?,19?,20-,24?,25-,26-,27-/m0/s1. The number of carbonyl (C=O) groups is 4. The van der Waals surface area contributed by atoms with E-state index in [9.17, 15) is 39.5 Å². The lowest BCUT2D eigenvalue weighted by Crippen LogP contribution is -2.61. The third-order valence-corrected chi connectivity index (χ3v) is 9.65. The van der Waals surface area contributed by atoms with Crippen LogP contribution in [-0.4, -0.2) is 70.2 Å². The van der Waals surface area contributed by atoms with Gasteiger partial charge in [0.15, 0.2) is 12.4 Å². The molecule has 1 amide bonds.